The maximum Gasteiger partial charge on any atom is 0.224 e. The monoisotopic (exact) mass is 516 g/mol. The van der Waals surface area contributed by atoms with Gasteiger partial charge in [-0.3, -0.25) is 14.3 Å². The highest BCUT2D eigenvalue weighted by atomic mass is 79.9. The Morgan fingerprint density at radius 1 is 1.09 bits per heavy atom. The van der Waals surface area contributed by atoms with Crippen LogP contribution in [0.15, 0.2) is 83.3 Å². The summed E-state index contributed by atoms with van der Waals surface area (Å²) >= 11 is 3.61. The van der Waals surface area contributed by atoms with Crippen LogP contribution in [-0.2, 0) is 11.3 Å². The van der Waals surface area contributed by atoms with E-state index in [-0.39, 0.29) is 17.9 Å². The molecule has 0 spiro atoms. The summed E-state index contributed by atoms with van der Waals surface area (Å²) in [5, 5.41) is 3.22. The molecule has 1 saturated heterocycles. The topological polar surface area (TPSA) is 50.2 Å². The number of hydrogen-bond acceptors (Lipinski definition) is 3. The van der Waals surface area contributed by atoms with Crippen LogP contribution in [0.3, 0.4) is 0 Å². The van der Waals surface area contributed by atoms with Crippen LogP contribution >= 0.6 is 15.9 Å². The van der Waals surface area contributed by atoms with Crippen molar-refractivity contribution in [3.63, 3.8) is 0 Å². The number of fused-ring (bicyclic) bond motifs is 1. The second-order valence-electron chi connectivity index (χ2n) is 9.05. The maximum absolute atomic E-state index is 13.1. The number of amides is 1. The molecule has 4 aromatic rings. The second-order valence-corrected chi connectivity index (χ2v) is 9.96. The first-order valence-electron chi connectivity index (χ1n) is 11.9. The van der Waals surface area contributed by atoms with Gasteiger partial charge in [-0.15, -0.1) is 0 Å². The summed E-state index contributed by atoms with van der Waals surface area (Å²) in [6.07, 6.45) is 1.93. The van der Waals surface area contributed by atoms with Crippen molar-refractivity contribution in [1.82, 2.24) is 19.8 Å². The molecule has 2 heterocycles. The van der Waals surface area contributed by atoms with Crippen LogP contribution in [0.5, 0.6) is 0 Å². The largest absolute Gasteiger partial charge is 0.349 e. The highest BCUT2D eigenvalue weighted by Gasteiger charge is 2.28. The number of nitrogens with one attached hydrogen (secondary N) is 1. The van der Waals surface area contributed by atoms with Crippen LogP contribution in [-0.4, -0.2) is 33.4 Å². The zero-order chi connectivity index (χ0) is 23.5. The van der Waals surface area contributed by atoms with Crippen LogP contribution in [0.4, 0.5) is 0 Å². The average Bonchev–Trinajstić information content (AvgIpc) is 3.22. The number of halogens is 1. The fourth-order valence-corrected chi connectivity index (χ4v) is 5.24. The lowest BCUT2D eigenvalue weighted by molar-refractivity contribution is -0.127. The fraction of sp³-hybridized carbons (Fsp3) is 0.286. The summed E-state index contributed by atoms with van der Waals surface area (Å²) in [6.45, 7) is 4.47. The molecule has 1 fully saturated rings. The van der Waals surface area contributed by atoms with Crippen molar-refractivity contribution in [2.24, 2.45) is 5.92 Å². The normalized spacial score (nSPS) is 17.5. The zero-order valence-corrected chi connectivity index (χ0v) is 20.9. The Hall–Kier alpha value is -2.96. The number of rotatable bonds is 6. The first kappa shape index (κ1) is 22.8. The van der Waals surface area contributed by atoms with E-state index in [2.05, 4.69) is 73.2 Å². The molecule has 0 bridgehead atoms. The van der Waals surface area contributed by atoms with Crippen LogP contribution in [0.1, 0.15) is 37.2 Å². The molecule has 6 heteroatoms. The van der Waals surface area contributed by atoms with Crippen molar-refractivity contribution in [2.45, 2.75) is 32.4 Å². The Morgan fingerprint density at radius 3 is 2.71 bits per heavy atom. The maximum atomic E-state index is 13.1. The number of aromatic nitrogens is 2. The third-order valence-electron chi connectivity index (χ3n) is 6.60. The smallest absolute Gasteiger partial charge is 0.224 e. The fourth-order valence-electron chi connectivity index (χ4n) is 4.85. The van der Waals surface area contributed by atoms with Crippen LogP contribution in [0, 0.1) is 5.92 Å². The summed E-state index contributed by atoms with van der Waals surface area (Å²) in [5.41, 5.74) is 4.30. The Labute approximate surface area is 208 Å². The molecule has 3 aromatic carbocycles. The number of benzene rings is 3. The van der Waals surface area contributed by atoms with Gasteiger partial charge in [0.2, 0.25) is 5.91 Å². The van der Waals surface area contributed by atoms with Crippen molar-refractivity contribution in [3.05, 3.63) is 94.7 Å². The minimum absolute atomic E-state index is 0.00445. The number of para-hydroxylation sites is 2. The van der Waals surface area contributed by atoms with Crippen molar-refractivity contribution in [3.8, 4) is 5.69 Å². The summed E-state index contributed by atoms with van der Waals surface area (Å²) in [4.78, 5) is 20.4. The molecule has 1 amide bonds. The van der Waals surface area contributed by atoms with E-state index in [9.17, 15) is 4.79 Å². The number of nitrogens with zero attached hydrogens (tertiary/aromatic N) is 3. The third kappa shape index (κ3) is 4.93. The molecule has 0 saturated carbocycles. The van der Waals surface area contributed by atoms with E-state index < -0.39 is 0 Å². The molecule has 34 heavy (non-hydrogen) atoms. The average molecular weight is 517 g/mol. The Bertz CT molecular complexity index is 1290. The number of carbonyl (C=O) groups is 1. The first-order valence-corrected chi connectivity index (χ1v) is 12.7. The molecule has 174 valence electrons. The van der Waals surface area contributed by atoms with Crippen LogP contribution < -0.4 is 5.32 Å². The molecular formula is C28H29BrN4O. The predicted molar refractivity (Wildman–Crippen MR) is 140 cm³/mol. The van der Waals surface area contributed by atoms with E-state index in [0.717, 1.165) is 58.5 Å². The molecule has 5 nitrogen and oxygen atoms in total. The number of piperidine rings is 1. The van der Waals surface area contributed by atoms with Crippen molar-refractivity contribution < 1.29 is 4.79 Å². The van der Waals surface area contributed by atoms with E-state index in [4.69, 9.17) is 4.98 Å². The predicted octanol–water partition coefficient (Wildman–Crippen LogP) is 5.88. The molecule has 5 rings (SSSR count). The quantitative estimate of drug-likeness (QED) is 0.348. The van der Waals surface area contributed by atoms with Gasteiger partial charge in [-0.05, 0) is 62.2 Å². The van der Waals surface area contributed by atoms with Crippen molar-refractivity contribution in [2.75, 3.05) is 13.1 Å². The van der Waals surface area contributed by atoms with Gasteiger partial charge in [0, 0.05) is 16.7 Å². The lowest BCUT2D eigenvalue weighted by atomic mass is 9.96. The van der Waals surface area contributed by atoms with E-state index in [0.29, 0.717) is 6.54 Å². The van der Waals surface area contributed by atoms with Crippen molar-refractivity contribution in [1.29, 1.82) is 0 Å². The van der Waals surface area contributed by atoms with Gasteiger partial charge >= 0.3 is 0 Å². The van der Waals surface area contributed by atoms with Crippen LogP contribution in [0.2, 0.25) is 0 Å². The molecule has 1 aliphatic rings. The lowest BCUT2D eigenvalue weighted by Gasteiger charge is -2.32. The molecular weight excluding hydrogens is 488 g/mol. The summed E-state index contributed by atoms with van der Waals surface area (Å²) < 4.78 is 3.28. The number of carbonyl (C=O) groups excluding carboxylic acids is 1. The highest BCUT2D eigenvalue weighted by molar-refractivity contribution is 9.10. The number of imidazole rings is 1. The van der Waals surface area contributed by atoms with Gasteiger partial charge in [0.1, 0.15) is 5.82 Å². The van der Waals surface area contributed by atoms with E-state index in [1.807, 2.05) is 43.3 Å². The number of hydrogen-bond donors (Lipinski definition) is 1. The van der Waals surface area contributed by atoms with E-state index >= 15 is 0 Å². The van der Waals surface area contributed by atoms with Gasteiger partial charge in [-0.2, -0.15) is 0 Å². The first-order chi connectivity index (χ1) is 16.6. The standard InChI is InChI=1S/C28H29BrN4O/c1-20(21-9-3-2-4-10-21)30-28(34)22-11-8-16-32(18-22)19-27-31-25-14-5-6-15-26(25)33(27)24-13-7-12-23(29)17-24/h2-7,9-10,12-15,17,20,22H,8,11,16,18-19H2,1H3,(H,30,34)/t20-,22+/m0/s1. The van der Waals surface area contributed by atoms with E-state index in [1.54, 1.807) is 0 Å². The van der Waals surface area contributed by atoms with Gasteiger partial charge < -0.3 is 5.32 Å². The molecule has 0 radical (unpaired) electrons. The van der Waals surface area contributed by atoms with Crippen LogP contribution in [0.25, 0.3) is 16.7 Å². The Balaban J connectivity index is 1.34. The lowest BCUT2D eigenvalue weighted by Crippen LogP contribution is -2.43. The number of likely N-dealkylation sites (tertiary alicyclic amines) is 1. The molecule has 0 unspecified atom stereocenters. The van der Waals surface area contributed by atoms with E-state index in [1.165, 1.54) is 0 Å². The summed E-state index contributed by atoms with van der Waals surface area (Å²) in [7, 11) is 0. The summed E-state index contributed by atoms with van der Waals surface area (Å²) in [5.74, 6) is 1.13. The Morgan fingerprint density at radius 2 is 1.88 bits per heavy atom. The minimum atomic E-state index is -0.0105. The van der Waals surface area contributed by atoms with Gasteiger partial charge in [-0.25, -0.2) is 4.98 Å². The third-order valence-corrected chi connectivity index (χ3v) is 7.09. The molecule has 2 atom stereocenters. The highest BCUT2D eigenvalue weighted by Crippen LogP contribution is 2.26. The molecule has 1 N–H and O–H groups in total. The minimum Gasteiger partial charge on any atom is -0.349 e. The van der Waals surface area contributed by atoms with Crippen molar-refractivity contribution >= 4 is 32.9 Å². The Kier molecular flexibility index (Phi) is 6.79. The SMILES string of the molecule is C[C@H](NC(=O)[C@@H]1CCCN(Cc2nc3ccccc3n2-c2cccc(Br)c2)C1)c1ccccc1. The molecule has 1 aliphatic heterocycles. The van der Waals surface area contributed by atoms with Gasteiger partial charge in [0.15, 0.2) is 0 Å². The summed E-state index contributed by atoms with van der Waals surface area (Å²) in [6, 6.07) is 26.7. The molecule has 1 aromatic heterocycles. The van der Waals surface area contributed by atoms with Gasteiger partial charge in [0.05, 0.1) is 29.5 Å². The van der Waals surface area contributed by atoms with Gasteiger partial charge in [-0.1, -0.05) is 64.5 Å². The van der Waals surface area contributed by atoms with Gasteiger partial charge in [0.25, 0.3) is 0 Å². The zero-order valence-electron chi connectivity index (χ0n) is 19.3. The molecule has 0 aliphatic carbocycles. The second kappa shape index (κ2) is 10.1.